The van der Waals surface area contributed by atoms with Crippen LogP contribution in [0.15, 0.2) is 42.6 Å². The van der Waals surface area contributed by atoms with Crippen LogP contribution < -0.4 is 0 Å². The van der Waals surface area contributed by atoms with Gasteiger partial charge in [0.2, 0.25) is 0 Å². The number of rotatable bonds is 1. The largest absolute Gasteiger partial charge is 0.298 e. The number of pyridine rings is 1. The summed E-state index contributed by atoms with van der Waals surface area (Å²) in [5.74, 6) is -0.260. The van der Waals surface area contributed by atoms with Crippen LogP contribution in [0.3, 0.4) is 0 Å². The van der Waals surface area contributed by atoms with Crippen LogP contribution in [0.4, 0.5) is 4.39 Å². The number of halogens is 2. The second-order valence-electron chi connectivity index (χ2n) is 4.11. The van der Waals surface area contributed by atoms with Gasteiger partial charge >= 0.3 is 0 Å². The normalized spacial score (nSPS) is 11.1. The number of fused-ring (bicyclic) bond motifs is 1. The van der Waals surface area contributed by atoms with Crippen molar-refractivity contribution in [1.82, 2.24) is 9.38 Å². The van der Waals surface area contributed by atoms with Gasteiger partial charge in [-0.25, -0.2) is 9.37 Å². The number of hydrogen-bond acceptors (Lipinski definition) is 1. The van der Waals surface area contributed by atoms with Gasteiger partial charge in [0, 0.05) is 11.8 Å². The summed E-state index contributed by atoms with van der Waals surface area (Å²) in [6, 6.07) is 10.1. The van der Waals surface area contributed by atoms with Crippen LogP contribution in [-0.2, 0) is 0 Å². The molecule has 90 valence electrons. The number of nitrogens with zero attached hydrogens (tertiary/aromatic N) is 2. The maximum Gasteiger partial charge on any atom is 0.156 e. The van der Waals surface area contributed by atoms with E-state index in [2.05, 4.69) is 4.98 Å². The molecule has 0 bridgehead atoms. The van der Waals surface area contributed by atoms with Crippen LogP contribution in [0.1, 0.15) is 5.69 Å². The monoisotopic (exact) mass is 260 g/mol. The molecule has 18 heavy (non-hydrogen) atoms. The molecule has 0 saturated carbocycles. The maximum atomic E-state index is 13.3. The lowest BCUT2D eigenvalue weighted by molar-refractivity contribution is 0.628. The van der Waals surface area contributed by atoms with E-state index in [9.17, 15) is 4.39 Å². The van der Waals surface area contributed by atoms with E-state index in [1.54, 1.807) is 12.1 Å². The standard InChI is InChI=1S/C14H10ClFN2/c1-9-13(10-4-2-5-11(16)8-10)18-7-3-6-12(15)14(18)17-9/h2-8H,1H3. The summed E-state index contributed by atoms with van der Waals surface area (Å²) in [4.78, 5) is 4.43. The van der Waals surface area contributed by atoms with Crippen LogP contribution in [0.25, 0.3) is 16.9 Å². The van der Waals surface area contributed by atoms with Crippen molar-refractivity contribution in [2.24, 2.45) is 0 Å². The first kappa shape index (κ1) is 11.2. The van der Waals surface area contributed by atoms with Crippen molar-refractivity contribution in [3.63, 3.8) is 0 Å². The Labute approximate surface area is 109 Å². The zero-order valence-corrected chi connectivity index (χ0v) is 10.4. The summed E-state index contributed by atoms with van der Waals surface area (Å²) < 4.78 is 15.2. The van der Waals surface area contributed by atoms with E-state index >= 15 is 0 Å². The van der Waals surface area contributed by atoms with Crippen molar-refractivity contribution in [3.05, 3.63) is 59.1 Å². The Hall–Kier alpha value is -1.87. The summed E-state index contributed by atoms with van der Waals surface area (Å²) in [6.07, 6.45) is 1.88. The maximum absolute atomic E-state index is 13.3. The van der Waals surface area contributed by atoms with E-state index in [1.807, 2.05) is 29.7 Å². The first-order valence-corrected chi connectivity index (χ1v) is 5.94. The Morgan fingerprint density at radius 2 is 2.06 bits per heavy atom. The molecule has 2 heterocycles. The molecular formula is C14H10ClFN2. The molecule has 0 aliphatic heterocycles. The SMILES string of the molecule is Cc1nc2c(Cl)cccn2c1-c1cccc(F)c1. The molecule has 2 nitrogen and oxygen atoms in total. The van der Waals surface area contributed by atoms with Gasteiger partial charge in [-0.15, -0.1) is 0 Å². The second kappa shape index (κ2) is 4.10. The minimum atomic E-state index is -0.260. The molecule has 0 amide bonds. The third kappa shape index (κ3) is 1.68. The third-order valence-corrected chi connectivity index (χ3v) is 3.17. The molecule has 0 aliphatic rings. The number of aryl methyl sites for hydroxylation is 1. The summed E-state index contributed by atoms with van der Waals surface area (Å²) in [7, 11) is 0. The van der Waals surface area contributed by atoms with Gasteiger partial charge in [-0.1, -0.05) is 23.7 Å². The summed E-state index contributed by atoms with van der Waals surface area (Å²) in [5, 5.41) is 0.586. The molecule has 3 aromatic rings. The topological polar surface area (TPSA) is 17.3 Å². The van der Waals surface area contributed by atoms with Crippen molar-refractivity contribution in [2.75, 3.05) is 0 Å². The van der Waals surface area contributed by atoms with E-state index < -0.39 is 0 Å². The number of hydrogen-bond donors (Lipinski definition) is 0. The first-order chi connectivity index (χ1) is 8.66. The first-order valence-electron chi connectivity index (χ1n) is 5.56. The van der Waals surface area contributed by atoms with Gasteiger partial charge in [0.1, 0.15) is 5.82 Å². The molecule has 0 aliphatic carbocycles. The quantitative estimate of drug-likeness (QED) is 0.644. The number of aromatic nitrogens is 2. The average molecular weight is 261 g/mol. The number of benzene rings is 1. The fraction of sp³-hybridized carbons (Fsp3) is 0.0714. The van der Waals surface area contributed by atoms with E-state index in [-0.39, 0.29) is 5.82 Å². The molecule has 0 unspecified atom stereocenters. The van der Waals surface area contributed by atoms with Crippen molar-refractivity contribution in [3.8, 4) is 11.3 Å². The van der Waals surface area contributed by atoms with E-state index in [0.717, 1.165) is 17.0 Å². The summed E-state index contributed by atoms with van der Waals surface area (Å²) in [5.41, 5.74) is 3.18. The Morgan fingerprint density at radius 3 is 2.83 bits per heavy atom. The highest BCUT2D eigenvalue weighted by Crippen LogP contribution is 2.28. The van der Waals surface area contributed by atoms with Gasteiger partial charge in [-0.2, -0.15) is 0 Å². The zero-order valence-electron chi connectivity index (χ0n) is 9.69. The van der Waals surface area contributed by atoms with Gasteiger partial charge < -0.3 is 0 Å². The highest BCUT2D eigenvalue weighted by Gasteiger charge is 2.12. The minimum absolute atomic E-state index is 0.260. The Kier molecular flexibility index (Phi) is 2.56. The van der Waals surface area contributed by atoms with Gasteiger partial charge in [-0.3, -0.25) is 4.40 Å². The molecule has 4 heteroatoms. The lowest BCUT2D eigenvalue weighted by atomic mass is 10.1. The Balaban J connectivity index is 2.36. The fourth-order valence-corrected chi connectivity index (χ4v) is 2.34. The van der Waals surface area contributed by atoms with Gasteiger partial charge in [0.05, 0.1) is 16.4 Å². The molecular weight excluding hydrogens is 251 g/mol. The van der Waals surface area contributed by atoms with Crippen LogP contribution >= 0.6 is 11.6 Å². The molecule has 0 atom stereocenters. The van der Waals surface area contributed by atoms with Crippen molar-refractivity contribution in [1.29, 1.82) is 0 Å². The number of imidazole rings is 1. The van der Waals surface area contributed by atoms with Crippen LogP contribution in [0.2, 0.25) is 5.02 Å². The van der Waals surface area contributed by atoms with Crippen LogP contribution in [0.5, 0.6) is 0 Å². The van der Waals surface area contributed by atoms with Crippen LogP contribution in [-0.4, -0.2) is 9.38 Å². The molecule has 0 spiro atoms. The van der Waals surface area contributed by atoms with Crippen molar-refractivity contribution < 1.29 is 4.39 Å². The van der Waals surface area contributed by atoms with E-state index in [0.29, 0.717) is 10.7 Å². The van der Waals surface area contributed by atoms with E-state index in [4.69, 9.17) is 11.6 Å². The van der Waals surface area contributed by atoms with Gasteiger partial charge in [-0.05, 0) is 31.2 Å². The zero-order chi connectivity index (χ0) is 12.7. The van der Waals surface area contributed by atoms with Crippen molar-refractivity contribution in [2.45, 2.75) is 6.92 Å². The van der Waals surface area contributed by atoms with Gasteiger partial charge in [0.15, 0.2) is 5.65 Å². The Bertz CT molecular complexity index is 734. The fourth-order valence-electron chi connectivity index (χ4n) is 2.13. The Morgan fingerprint density at radius 1 is 1.22 bits per heavy atom. The predicted octanol–water partition coefficient (Wildman–Crippen LogP) is 4.10. The summed E-state index contributed by atoms with van der Waals surface area (Å²) >= 11 is 6.10. The van der Waals surface area contributed by atoms with Crippen molar-refractivity contribution >= 4 is 17.2 Å². The molecule has 1 aromatic carbocycles. The lowest BCUT2D eigenvalue weighted by Crippen LogP contribution is -1.89. The summed E-state index contributed by atoms with van der Waals surface area (Å²) in [6.45, 7) is 1.89. The lowest BCUT2D eigenvalue weighted by Gasteiger charge is -2.03. The molecule has 0 saturated heterocycles. The van der Waals surface area contributed by atoms with Gasteiger partial charge in [0.25, 0.3) is 0 Å². The predicted molar refractivity (Wildman–Crippen MR) is 70.3 cm³/mol. The minimum Gasteiger partial charge on any atom is -0.298 e. The molecule has 0 radical (unpaired) electrons. The second-order valence-corrected chi connectivity index (χ2v) is 4.51. The van der Waals surface area contributed by atoms with E-state index in [1.165, 1.54) is 12.1 Å². The highest BCUT2D eigenvalue weighted by atomic mass is 35.5. The average Bonchev–Trinajstić information content (AvgIpc) is 2.67. The molecule has 3 rings (SSSR count). The molecule has 2 aromatic heterocycles. The smallest absolute Gasteiger partial charge is 0.156 e. The van der Waals surface area contributed by atoms with Crippen LogP contribution in [0, 0.1) is 12.7 Å². The molecule has 0 N–H and O–H groups in total. The molecule has 0 fully saturated rings. The third-order valence-electron chi connectivity index (χ3n) is 2.87. The highest BCUT2D eigenvalue weighted by molar-refractivity contribution is 6.33.